The van der Waals surface area contributed by atoms with Gasteiger partial charge in [-0.3, -0.25) is 0 Å². The molecule has 0 aromatic carbocycles. The molecule has 0 radical (unpaired) electrons. The summed E-state index contributed by atoms with van der Waals surface area (Å²) in [6, 6.07) is 8.05. The predicted molar refractivity (Wildman–Crippen MR) is 134 cm³/mol. The van der Waals surface area contributed by atoms with Gasteiger partial charge in [0, 0.05) is 42.2 Å². The largest absolute Gasteiger partial charge is 0.519 e. The first-order valence-corrected chi connectivity index (χ1v) is 12.4. The zero-order valence-corrected chi connectivity index (χ0v) is 22.4. The van der Waals surface area contributed by atoms with Crippen LogP contribution >= 0.6 is 46.2 Å². The first-order valence-electron chi connectivity index (χ1n) is 7.26. The summed E-state index contributed by atoms with van der Waals surface area (Å²) >= 11 is 14.5. The molecule has 0 N–H and O–H groups in total. The molecule has 0 saturated carbocycles. The van der Waals surface area contributed by atoms with Gasteiger partial charge in [-0.15, -0.1) is 22.7 Å². The maximum Gasteiger partial charge on any atom is 0.174 e. The van der Waals surface area contributed by atoms with Crippen LogP contribution in [0.4, 0.5) is 0 Å². The van der Waals surface area contributed by atoms with Gasteiger partial charge in [-0.05, 0) is 49.3 Å². The standard InChI is InChI=1S/2C8H10N2S3.Pt/c2*1-6(7-4-3-5-13-7)9-10-8(11)12-2;/h2*3-5H,1-2H3,(H,10,11);. The molecule has 2 rings (SSSR count). The molecule has 0 amide bonds. The average Bonchev–Trinajstić information content (AvgIpc) is 3.37. The Morgan fingerprint density at radius 3 is 1.48 bits per heavy atom. The Bertz CT molecular complexity index is 677. The Kier molecular flexibility index (Phi) is 15.7. The van der Waals surface area contributed by atoms with Crippen molar-refractivity contribution in [3.8, 4) is 0 Å². The third kappa shape index (κ3) is 11.5. The van der Waals surface area contributed by atoms with Gasteiger partial charge in [0.15, 0.2) is 33.1 Å². The molecule has 0 saturated heterocycles. The maximum absolute atomic E-state index is 4.11. The number of hydrogen-bond donors (Lipinski definition) is 0. The summed E-state index contributed by atoms with van der Waals surface area (Å²) in [5.74, 6) is 0. The average molecular weight is 656 g/mol. The Balaban J connectivity index is 0.000000483. The van der Waals surface area contributed by atoms with Crippen molar-refractivity contribution in [1.82, 2.24) is 0 Å². The molecular weight excluding hydrogens is 636 g/mol. The van der Waals surface area contributed by atoms with Crippen LogP contribution in [0, 0.1) is 0 Å². The van der Waals surface area contributed by atoms with E-state index >= 15 is 0 Å². The SMILES string of the molecule is CSC(=[SH+])[N-]N=C(C)c1cccs1.CSC(=[SH+])[N-]N=C(C)c1cccs1.[Pt]. The van der Waals surface area contributed by atoms with Crippen LogP contribution in [-0.4, -0.2) is 32.6 Å². The topological polar surface area (TPSA) is 52.9 Å². The van der Waals surface area contributed by atoms with Gasteiger partial charge in [0.05, 0.1) is 0 Å². The minimum absolute atomic E-state index is 0. The fraction of sp³-hybridized carbons (Fsp3) is 0.250. The Morgan fingerprint density at radius 1 is 0.852 bits per heavy atom. The smallest absolute Gasteiger partial charge is 0.174 e. The Morgan fingerprint density at radius 2 is 1.22 bits per heavy atom. The summed E-state index contributed by atoms with van der Waals surface area (Å²) < 4.78 is 1.35. The minimum Gasteiger partial charge on any atom is -0.519 e. The van der Waals surface area contributed by atoms with Crippen molar-refractivity contribution < 1.29 is 21.1 Å². The normalized spacial score (nSPS) is 11.0. The Labute approximate surface area is 202 Å². The molecule has 4 nitrogen and oxygen atoms in total. The first kappa shape index (κ1) is 26.9. The van der Waals surface area contributed by atoms with Crippen LogP contribution in [0.15, 0.2) is 45.2 Å². The first-order chi connectivity index (χ1) is 12.5. The third-order valence-electron chi connectivity index (χ3n) is 2.69. The summed E-state index contributed by atoms with van der Waals surface area (Å²) in [7, 11) is 0. The number of thiol groups is 2. The van der Waals surface area contributed by atoms with Gasteiger partial charge in [0.25, 0.3) is 0 Å². The number of nitrogens with zero attached hydrogens (tertiary/aromatic N) is 4. The minimum atomic E-state index is 0. The van der Waals surface area contributed by atoms with Gasteiger partial charge < -0.3 is 21.1 Å². The fourth-order valence-corrected chi connectivity index (χ4v) is 3.06. The van der Waals surface area contributed by atoms with E-state index in [0.29, 0.717) is 8.64 Å². The van der Waals surface area contributed by atoms with Gasteiger partial charge in [-0.25, -0.2) is 0 Å². The zero-order chi connectivity index (χ0) is 19.4. The molecule has 0 spiro atoms. The summed E-state index contributed by atoms with van der Waals surface area (Å²) in [6.07, 6.45) is 3.84. The molecule has 0 bridgehead atoms. The van der Waals surface area contributed by atoms with E-state index < -0.39 is 0 Å². The van der Waals surface area contributed by atoms with E-state index in [0.717, 1.165) is 21.2 Å². The predicted octanol–water partition coefficient (Wildman–Crippen LogP) is 5.15. The van der Waals surface area contributed by atoms with Gasteiger partial charge in [-0.2, -0.15) is 0 Å². The molecule has 0 atom stereocenters. The zero-order valence-electron chi connectivity index (χ0n) is 15.1. The van der Waals surface area contributed by atoms with Crippen LogP contribution < -0.4 is 0 Å². The van der Waals surface area contributed by atoms with Crippen molar-refractivity contribution in [2.75, 3.05) is 12.5 Å². The van der Waals surface area contributed by atoms with Crippen molar-refractivity contribution >= 4 is 90.7 Å². The van der Waals surface area contributed by atoms with Gasteiger partial charge >= 0.3 is 0 Å². The molecule has 150 valence electrons. The molecule has 11 heteroatoms. The van der Waals surface area contributed by atoms with E-state index in [2.05, 4.69) is 45.5 Å². The molecule has 2 aromatic rings. The summed E-state index contributed by atoms with van der Waals surface area (Å²) in [4.78, 5) is 2.29. The van der Waals surface area contributed by atoms with Crippen LogP contribution in [0.2, 0.25) is 0 Å². The number of hydrogen-bond acceptors (Lipinski definition) is 6. The molecule has 2 aromatic heterocycles. The van der Waals surface area contributed by atoms with Gasteiger partial charge in [-0.1, -0.05) is 35.7 Å². The van der Waals surface area contributed by atoms with Crippen LogP contribution in [0.25, 0.3) is 10.9 Å². The fourth-order valence-electron chi connectivity index (χ4n) is 1.38. The summed E-state index contributed by atoms with van der Waals surface area (Å²) in [5.41, 5.74) is 9.73. The molecule has 0 aliphatic carbocycles. The van der Waals surface area contributed by atoms with Crippen LogP contribution in [0.1, 0.15) is 23.6 Å². The molecular formula is C16H20N4PtS6. The van der Waals surface area contributed by atoms with Crippen molar-refractivity contribution in [2.24, 2.45) is 10.2 Å². The van der Waals surface area contributed by atoms with Crippen molar-refractivity contribution in [3.05, 3.63) is 55.6 Å². The molecule has 0 unspecified atom stereocenters. The van der Waals surface area contributed by atoms with Crippen molar-refractivity contribution in [3.63, 3.8) is 0 Å². The Hall–Kier alpha value is -0.0917. The molecule has 0 aliphatic rings. The summed E-state index contributed by atoms with van der Waals surface area (Å²) in [5, 5.41) is 12.2. The second-order valence-corrected chi connectivity index (χ2v) is 9.44. The number of thiophene rings is 2. The second kappa shape index (κ2) is 15.8. The number of rotatable bonds is 4. The maximum atomic E-state index is 4.11. The molecule has 0 fully saturated rings. The van der Waals surface area contributed by atoms with E-state index in [1.807, 2.05) is 61.4 Å². The number of thioether (sulfide) groups is 2. The van der Waals surface area contributed by atoms with Crippen LogP contribution in [-0.2, 0) is 45.5 Å². The van der Waals surface area contributed by atoms with Gasteiger partial charge in [0.1, 0.15) is 0 Å². The third-order valence-corrected chi connectivity index (χ3v) is 6.82. The van der Waals surface area contributed by atoms with Crippen molar-refractivity contribution in [1.29, 1.82) is 0 Å². The second-order valence-electron chi connectivity index (χ2n) is 4.50. The quantitative estimate of drug-likeness (QED) is 0.151. The summed E-state index contributed by atoms with van der Waals surface area (Å²) in [6.45, 7) is 3.88. The van der Waals surface area contributed by atoms with Crippen molar-refractivity contribution in [2.45, 2.75) is 13.8 Å². The van der Waals surface area contributed by atoms with E-state index in [1.165, 1.54) is 23.5 Å². The van der Waals surface area contributed by atoms with E-state index in [1.54, 1.807) is 22.7 Å². The van der Waals surface area contributed by atoms with E-state index in [-0.39, 0.29) is 21.1 Å². The van der Waals surface area contributed by atoms with Crippen LogP contribution in [0.5, 0.6) is 0 Å². The van der Waals surface area contributed by atoms with E-state index in [4.69, 9.17) is 0 Å². The van der Waals surface area contributed by atoms with Gasteiger partial charge in [0.2, 0.25) is 0 Å². The van der Waals surface area contributed by atoms with E-state index in [9.17, 15) is 0 Å². The monoisotopic (exact) mass is 655 g/mol. The van der Waals surface area contributed by atoms with Crippen LogP contribution in [0.3, 0.4) is 0 Å². The molecule has 27 heavy (non-hydrogen) atoms. The molecule has 2 heterocycles. The molecule has 0 aliphatic heterocycles.